The van der Waals surface area contributed by atoms with Crippen LogP contribution in [0.3, 0.4) is 0 Å². The molecule has 0 spiro atoms. The second-order valence-corrected chi connectivity index (χ2v) is 3.10. The van der Waals surface area contributed by atoms with Gasteiger partial charge in [-0.15, -0.1) is 5.10 Å². The van der Waals surface area contributed by atoms with Gasteiger partial charge in [-0.05, 0) is 20.3 Å². The quantitative estimate of drug-likeness (QED) is 0.772. The largest absolute Gasteiger partial charge is 0.477 e. The molecule has 4 nitrogen and oxygen atoms in total. The van der Waals surface area contributed by atoms with Gasteiger partial charge in [0.2, 0.25) is 5.88 Å². The van der Waals surface area contributed by atoms with Crippen LogP contribution in [0.1, 0.15) is 25.1 Å². The van der Waals surface area contributed by atoms with Crippen molar-refractivity contribution < 1.29 is 9.84 Å². The topological polar surface area (TPSA) is 47.3 Å². The Bertz CT molecular complexity index is 295. The highest BCUT2D eigenvalue weighted by Crippen LogP contribution is 2.21. The molecule has 1 N–H and O–H groups in total. The molecule has 1 aromatic heterocycles. The maximum atomic E-state index is 8.85. The second kappa shape index (κ2) is 5.00. The third kappa shape index (κ3) is 2.07. The van der Waals surface area contributed by atoms with Crippen LogP contribution in [0.15, 0.2) is 0 Å². The van der Waals surface area contributed by atoms with E-state index in [1.54, 1.807) is 4.68 Å². The maximum Gasteiger partial charge on any atom is 0.236 e. The molecule has 0 atom stereocenters. The Morgan fingerprint density at radius 3 is 2.64 bits per heavy atom. The van der Waals surface area contributed by atoms with Crippen molar-refractivity contribution in [1.29, 1.82) is 0 Å². The van der Waals surface area contributed by atoms with E-state index in [0.29, 0.717) is 19.0 Å². The fourth-order valence-electron chi connectivity index (χ4n) is 1.53. The third-order valence-electron chi connectivity index (χ3n) is 2.24. The molecule has 0 amide bonds. The van der Waals surface area contributed by atoms with Gasteiger partial charge in [0.1, 0.15) is 0 Å². The number of nitrogens with zero attached hydrogens (tertiary/aromatic N) is 2. The molecule has 4 heteroatoms. The van der Waals surface area contributed by atoms with Crippen molar-refractivity contribution in [3.05, 3.63) is 11.3 Å². The minimum atomic E-state index is 0.108. The molecule has 0 saturated carbocycles. The first kappa shape index (κ1) is 11.0. The molecule has 0 aromatic carbocycles. The summed E-state index contributed by atoms with van der Waals surface area (Å²) in [6, 6.07) is 0. The summed E-state index contributed by atoms with van der Waals surface area (Å²) in [4.78, 5) is 0. The van der Waals surface area contributed by atoms with Crippen molar-refractivity contribution in [2.75, 3.05) is 13.2 Å². The van der Waals surface area contributed by atoms with Gasteiger partial charge in [0.25, 0.3) is 0 Å². The van der Waals surface area contributed by atoms with Crippen molar-refractivity contribution in [2.24, 2.45) is 0 Å². The molecule has 0 saturated heterocycles. The van der Waals surface area contributed by atoms with Crippen molar-refractivity contribution in [2.45, 2.75) is 33.7 Å². The smallest absolute Gasteiger partial charge is 0.236 e. The summed E-state index contributed by atoms with van der Waals surface area (Å²) in [5.41, 5.74) is 2.23. The van der Waals surface area contributed by atoms with E-state index < -0.39 is 0 Å². The zero-order valence-corrected chi connectivity index (χ0v) is 9.08. The van der Waals surface area contributed by atoms with Gasteiger partial charge >= 0.3 is 0 Å². The van der Waals surface area contributed by atoms with Crippen LogP contribution >= 0.6 is 0 Å². The summed E-state index contributed by atoms with van der Waals surface area (Å²) in [5.74, 6) is 0.709. The molecular formula is C10H18N2O2. The van der Waals surface area contributed by atoms with Gasteiger partial charge in [0.15, 0.2) is 0 Å². The van der Waals surface area contributed by atoms with Crippen LogP contribution in [0.2, 0.25) is 0 Å². The summed E-state index contributed by atoms with van der Waals surface area (Å²) in [5, 5.41) is 13.1. The van der Waals surface area contributed by atoms with E-state index in [0.717, 1.165) is 17.7 Å². The van der Waals surface area contributed by atoms with E-state index in [1.165, 1.54) is 0 Å². The zero-order valence-electron chi connectivity index (χ0n) is 9.08. The number of rotatable bonds is 5. The zero-order chi connectivity index (χ0) is 10.6. The van der Waals surface area contributed by atoms with E-state index in [4.69, 9.17) is 9.84 Å². The van der Waals surface area contributed by atoms with Crippen LogP contribution in [0.25, 0.3) is 0 Å². The minimum Gasteiger partial charge on any atom is -0.477 e. The standard InChI is InChI=1S/C10H18N2O2/c1-4-9-8(3)12(6-7-13)11-10(9)14-5-2/h13H,4-7H2,1-3H3. The Balaban J connectivity index is 2.97. The van der Waals surface area contributed by atoms with Crippen LogP contribution in [-0.2, 0) is 13.0 Å². The Kier molecular flexibility index (Phi) is 3.95. The molecule has 0 unspecified atom stereocenters. The summed E-state index contributed by atoms with van der Waals surface area (Å²) >= 11 is 0. The molecule has 1 rings (SSSR count). The molecule has 0 bridgehead atoms. The highest BCUT2D eigenvalue weighted by Gasteiger charge is 2.13. The highest BCUT2D eigenvalue weighted by atomic mass is 16.5. The van der Waals surface area contributed by atoms with Crippen LogP contribution in [-0.4, -0.2) is 28.1 Å². The summed E-state index contributed by atoms with van der Waals surface area (Å²) in [6.07, 6.45) is 0.909. The van der Waals surface area contributed by atoms with E-state index in [1.807, 2.05) is 13.8 Å². The van der Waals surface area contributed by atoms with Crippen molar-refractivity contribution >= 4 is 0 Å². The molecule has 0 aliphatic rings. The van der Waals surface area contributed by atoms with Gasteiger partial charge in [-0.3, -0.25) is 4.68 Å². The summed E-state index contributed by atoms with van der Waals surface area (Å²) < 4.78 is 7.22. The van der Waals surface area contributed by atoms with Gasteiger partial charge < -0.3 is 9.84 Å². The SMILES string of the molecule is CCOc1nn(CCO)c(C)c1CC. The van der Waals surface area contributed by atoms with Crippen LogP contribution in [0.4, 0.5) is 0 Å². The molecule has 0 radical (unpaired) electrons. The van der Waals surface area contributed by atoms with E-state index in [9.17, 15) is 0 Å². The van der Waals surface area contributed by atoms with Crippen LogP contribution in [0.5, 0.6) is 5.88 Å². The third-order valence-corrected chi connectivity index (χ3v) is 2.24. The number of ether oxygens (including phenoxy) is 1. The molecule has 0 aliphatic heterocycles. The van der Waals surface area contributed by atoms with E-state index >= 15 is 0 Å². The lowest BCUT2D eigenvalue weighted by molar-refractivity contribution is 0.263. The van der Waals surface area contributed by atoms with E-state index in [-0.39, 0.29) is 6.61 Å². The maximum absolute atomic E-state index is 8.85. The molecule has 0 aliphatic carbocycles. The van der Waals surface area contributed by atoms with Gasteiger partial charge in [-0.25, -0.2) is 0 Å². The molecule has 80 valence electrons. The molecule has 1 heterocycles. The average Bonchev–Trinajstić information content (AvgIpc) is 2.45. The summed E-state index contributed by atoms with van der Waals surface area (Å²) in [7, 11) is 0. The lowest BCUT2D eigenvalue weighted by Gasteiger charge is -2.00. The molecule has 0 fully saturated rings. The molecule has 14 heavy (non-hydrogen) atoms. The first-order valence-electron chi connectivity index (χ1n) is 5.04. The number of aromatic nitrogens is 2. The fourth-order valence-corrected chi connectivity index (χ4v) is 1.53. The first-order valence-corrected chi connectivity index (χ1v) is 5.04. The minimum absolute atomic E-state index is 0.108. The monoisotopic (exact) mass is 198 g/mol. The Hall–Kier alpha value is -1.03. The van der Waals surface area contributed by atoms with E-state index in [2.05, 4.69) is 12.0 Å². The van der Waals surface area contributed by atoms with Gasteiger partial charge in [0.05, 0.1) is 19.8 Å². The van der Waals surface area contributed by atoms with Gasteiger partial charge in [0, 0.05) is 11.3 Å². The van der Waals surface area contributed by atoms with Crippen LogP contribution in [0, 0.1) is 6.92 Å². The lowest BCUT2D eigenvalue weighted by Crippen LogP contribution is -2.06. The number of aliphatic hydroxyl groups is 1. The predicted octanol–water partition coefficient (Wildman–Crippen LogP) is 1.14. The normalized spacial score (nSPS) is 10.6. The van der Waals surface area contributed by atoms with Gasteiger partial charge in [-0.2, -0.15) is 0 Å². The number of hydrogen-bond acceptors (Lipinski definition) is 3. The van der Waals surface area contributed by atoms with Gasteiger partial charge in [-0.1, -0.05) is 6.92 Å². The highest BCUT2D eigenvalue weighted by molar-refractivity contribution is 5.30. The summed E-state index contributed by atoms with van der Waals surface area (Å²) in [6.45, 7) is 7.30. The van der Waals surface area contributed by atoms with Crippen molar-refractivity contribution in [3.8, 4) is 5.88 Å². The predicted molar refractivity (Wildman–Crippen MR) is 54.6 cm³/mol. The Morgan fingerprint density at radius 2 is 2.14 bits per heavy atom. The molecular weight excluding hydrogens is 180 g/mol. The van der Waals surface area contributed by atoms with Crippen molar-refractivity contribution in [3.63, 3.8) is 0 Å². The fraction of sp³-hybridized carbons (Fsp3) is 0.700. The number of aliphatic hydroxyl groups excluding tert-OH is 1. The Morgan fingerprint density at radius 1 is 1.43 bits per heavy atom. The van der Waals surface area contributed by atoms with Crippen molar-refractivity contribution in [1.82, 2.24) is 9.78 Å². The Labute approximate surface area is 84.5 Å². The average molecular weight is 198 g/mol. The lowest BCUT2D eigenvalue weighted by atomic mass is 10.2. The number of hydrogen-bond donors (Lipinski definition) is 1. The first-order chi connectivity index (χ1) is 6.74. The van der Waals surface area contributed by atoms with Crippen LogP contribution < -0.4 is 4.74 Å². The molecule has 1 aromatic rings. The second-order valence-electron chi connectivity index (χ2n) is 3.10.